The Labute approximate surface area is 123 Å². The van der Waals surface area contributed by atoms with Gasteiger partial charge in [-0.1, -0.05) is 19.1 Å². The summed E-state index contributed by atoms with van der Waals surface area (Å²) in [6, 6.07) is 6.32. The van der Waals surface area contributed by atoms with E-state index in [-0.39, 0.29) is 6.03 Å². The number of hydrogen-bond acceptors (Lipinski definition) is 4. The van der Waals surface area contributed by atoms with Crippen LogP contribution in [0.2, 0.25) is 0 Å². The number of nitrogens with one attached hydrogen (secondary N) is 2. The normalized spacial score (nSPS) is 17.9. The molecule has 2 N–H and O–H groups in total. The highest BCUT2D eigenvalue weighted by Crippen LogP contribution is 2.29. The average molecular weight is 290 g/mol. The zero-order valence-electron chi connectivity index (χ0n) is 12.2. The Bertz CT molecular complexity index is 578. The maximum absolute atomic E-state index is 12.1. The summed E-state index contributed by atoms with van der Waals surface area (Å²) >= 11 is 0. The highest BCUT2D eigenvalue weighted by atomic mass is 16.5. The van der Waals surface area contributed by atoms with Gasteiger partial charge in [0.05, 0.1) is 25.8 Å². The van der Waals surface area contributed by atoms with Crippen molar-refractivity contribution in [1.82, 2.24) is 10.6 Å². The number of urea groups is 1. The molecular weight excluding hydrogens is 272 g/mol. The predicted octanol–water partition coefficient (Wildman–Crippen LogP) is 1.89. The van der Waals surface area contributed by atoms with Gasteiger partial charge >= 0.3 is 12.0 Å². The molecule has 1 aromatic carbocycles. The standard InChI is InChI=1S/C15H18N2O4/c1-4-11-12(14(18)21-3)13(17-15(19)16-11)9-5-7-10(20-2)8-6-9/h5-8,13H,4H2,1-3H3,(H2,16,17,19). The van der Waals surface area contributed by atoms with Gasteiger partial charge < -0.3 is 20.1 Å². The number of rotatable bonds is 4. The maximum atomic E-state index is 12.1. The Balaban J connectivity index is 2.46. The number of methoxy groups -OCH3 is 2. The molecule has 0 aromatic heterocycles. The summed E-state index contributed by atoms with van der Waals surface area (Å²) in [5.41, 5.74) is 1.79. The second-order valence-electron chi connectivity index (χ2n) is 4.54. The number of esters is 1. The number of ether oxygens (including phenoxy) is 2. The van der Waals surface area contributed by atoms with Gasteiger partial charge in [-0.2, -0.15) is 0 Å². The molecule has 0 bridgehead atoms. The van der Waals surface area contributed by atoms with E-state index in [1.165, 1.54) is 7.11 Å². The zero-order chi connectivity index (χ0) is 15.4. The van der Waals surface area contributed by atoms with Crippen LogP contribution in [-0.2, 0) is 9.53 Å². The van der Waals surface area contributed by atoms with Crippen LogP contribution in [0.5, 0.6) is 5.75 Å². The van der Waals surface area contributed by atoms with Gasteiger partial charge in [0.2, 0.25) is 0 Å². The molecule has 2 amide bonds. The molecule has 0 fully saturated rings. The largest absolute Gasteiger partial charge is 0.497 e. The van der Waals surface area contributed by atoms with Crippen molar-refractivity contribution in [3.05, 3.63) is 41.1 Å². The van der Waals surface area contributed by atoms with E-state index < -0.39 is 12.0 Å². The summed E-state index contributed by atoms with van der Waals surface area (Å²) < 4.78 is 9.95. The molecular formula is C15H18N2O4. The van der Waals surface area contributed by atoms with E-state index in [2.05, 4.69) is 10.6 Å². The van der Waals surface area contributed by atoms with Gasteiger partial charge in [0.15, 0.2) is 0 Å². The summed E-state index contributed by atoms with van der Waals surface area (Å²) in [5.74, 6) is 0.249. The van der Waals surface area contributed by atoms with Crippen molar-refractivity contribution < 1.29 is 19.1 Å². The van der Waals surface area contributed by atoms with E-state index in [0.717, 1.165) is 5.56 Å². The van der Waals surface area contributed by atoms with E-state index in [1.807, 2.05) is 19.1 Å². The molecule has 6 nitrogen and oxygen atoms in total. The van der Waals surface area contributed by atoms with Crippen LogP contribution in [0, 0.1) is 0 Å². The molecule has 0 saturated heterocycles. The first-order valence-corrected chi connectivity index (χ1v) is 6.63. The van der Waals surface area contributed by atoms with Crippen molar-refractivity contribution in [2.45, 2.75) is 19.4 Å². The Hall–Kier alpha value is -2.50. The first-order valence-electron chi connectivity index (χ1n) is 6.63. The van der Waals surface area contributed by atoms with Gasteiger partial charge in [0, 0.05) is 5.70 Å². The quantitative estimate of drug-likeness (QED) is 0.830. The third-order valence-electron chi connectivity index (χ3n) is 3.36. The van der Waals surface area contributed by atoms with Crippen LogP contribution in [0.25, 0.3) is 0 Å². The molecule has 0 aliphatic carbocycles. The molecule has 2 rings (SSSR count). The Morgan fingerprint density at radius 1 is 1.24 bits per heavy atom. The minimum Gasteiger partial charge on any atom is -0.497 e. The van der Waals surface area contributed by atoms with Crippen LogP contribution < -0.4 is 15.4 Å². The molecule has 112 valence electrons. The topological polar surface area (TPSA) is 76.7 Å². The molecule has 0 saturated carbocycles. The first-order chi connectivity index (χ1) is 10.1. The number of hydrogen-bond donors (Lipinski definition) is 2. The fourth-order valence-electron chi connectivity index (χ4n) is 2.29. The van der Waals surface area contributed by atoms with Gasteiger partial charge in [-0.15, -0.1) is 0 Å². The summed E-state index contributed by atoms with van der Waals surface area (Å²) in [5, 5.41) is 5.41. The lowest BCUT2D eigenvalue weighted by Crippen LogP contribution is -2.45. The predicted molar refractivity (Wildman–Crippen MR) is 76.7 cm³/mol. The molecule has 0 spiro atoms. The lowest BCUT2D eigenvalue weighted by molar-refractivity contribution is -0.136. The van der Waals surface area contributed by atoms with E-state index in [4.69, 9.17) is 9.47 Å². The Morgan fingerprint density at radius 3 is 2.43 bits per heavy atom. The second kappa shape index (κ2) is 6.30. The van der Waals surface area contributed by atoms with Crippen LogP contribution in [0.4, 0.5) is 4.79 Å². The fraction of sp³-hybridized carbons (Fsp3) is 0.333. The average Bonchev–Trinajstić information content (AvgIpc) is 2.53. The molecule has 1 aromatic rings. The van der Waals surface area contributed by atoms with E-state index in [1.54, 1.807) is 19.2 Å². The first kappa shape index (κ1) is 14.9. The van der Waals surface area contributed by atoms with Crippen molar-refractivity contribution in [3.63, 3.8) is 0 Å². The van der Waals surface area contributed by atoms with Crippen LogP contribution in [0.3, 0.4) is 0 Å². The van der Waals surface area contributed by atoms with Gasteiger partial charge in [-0.05, 0) is 24.1 Å². The Morgan fingerprint density at radius 2 is 1.90 bits per heavy atom. The van der Waals surface area contributed by atoms with Crippen LogP contribution in [0.15, 0.2) is 35.5 Å². The van der Waals surface area contributed by atoms with Crippen molar-refractivity contribution in [2.75, 3.05) is 14.2 Å². The summed E-state index contributed by atoms with van der Waals surface area (Å²) in [6.45, 7) is 1.87. The summed E-state index contributed by atoms with van der Waals surface area (Å²) in [7, 11) is 2.90. The van der Waals surface area contributed by atoms with Gasteiger partial charge in [-0.25, -0.2) is 9.59 Å². The van der Waals surface area contributed by atoms with Crippen LogP contribution in [0.1, 0.15) is 24.9 Å². The third-order valence-corrected chi connectivity index (χ3v) is 3.36. The monoisotopic (exact) mass is 290 g/mol. The summed E-state index contributed by atoms with van der Waals surface area (Å²) in [4.78, 5) is 23.8. The van der Waals surface area contributed by atoms with Crippen molar-refractivity contribution >= 4 is 12.0 Å². The lowest BCUT2D eigenvalue weighted by Gasteiger charge is -2.28. The Kier molecular flexibility index (Phi) is 4.47. The summed E-state index contributed by atoms with van der Waals surface area (Å²) in [6.07, 6.45) is 0.532. The second-order valence-corrected chi connectivity index (χ2v) is 4.54. The molecule has 1 atom stereocenters. The maximum Gasteiger partial charge on any atom is 0.337 e. The van der Waals surface area contributed by atoms with Crippen LogP contribution in [-0.4, -0.2) is 26.2 Å². The van der Waals surface area contributed by atoms with Crippen molar-refractivity contribution in [2.24, 2.45) is 0 Å². The minimum atomic E-state index is -0.535. The highest BCUT2D eigenvalue weighted by Gasteiger charge is 2.32. The number of carbonyl (C=O) groups is 2. The molecule has 1 heterocycles. The minimum absolute atomic E-state index is 0.333. The fourth-order valence-corrected chi connectivity index (χ4v) is 2.29. The van der Waals surface area contributed by atoms with Gasteiger partial charge in [0.25, 0.3) is 0 Å². The van der Waals surface area contributed by atoms with Crippen molar-refractivity contribution in [1.29, 1.82) is 0 Å². The molecule has 0 radical (unpaired) electrons. The smallest absolute Gasteiger partial charge is 0.337 e. The molecule has 1 unspecified atom stereocenters. The number of carbonyl (C=O) groups excluding carboxylic acids is 2. The third kappa shape index (κ3) is 2.99. The molecule has 21 heavy (non-hydrogen) atoms. The van der Waals surface area contributed by atoms with Gasteiger partial charge in [-0.3, -0.25) is 0 Å². The number of benzene rings is 1. The lowest BCUT2D eigenvalue weighted by atomic mass is 9.94. The number of allylic oxidation sites excluding steroid dienone is 1. The molecule has 1 aliphatic heterocycles. The van der Waals surface area contributed by atoms with Gasteiger partial charge in [0.1, 0.15) is 5.75 Å². The van der Waals surface area contributed by atoms with E-state index >= 15 is 0 Å². The highest BCUT2D eigenvalue weighted by molar-refractivity contribution is 5.95. The number of amides is 2. The zero-order valence-corrected chi connectivity index (χ0v) is 12.2. The molecule has 1 aliphatic rings. The van der Waals surface area contributed by atoms with Crippen LogP contribution >= 0.6 is 0 Å². The van der Waals surface area contributed by atoms with E-state index in [0.29, 0.717) is 23.4 Å². The van der Waals surface area contributed by atoms with Crippen molar-refractivity contribution in [3.8, 4) is 5.75 Å². The van der Waals surface area contributed by atoms with E-state index in [9.17, 15) is 9.59 Å². The SMILES string of the molecule is CCC1=C(C(=O)OC)C(c2ccc(OC)cc2)NC(=O)N1. The molecule has 6 heteroatoms.